The lowest BCUT2D eigenvalue weighted by Gasteiger charge is -2.32. The maximum Gasteiger partial charge on any atom is 0.138 e. The van der Waals surface area contributed by atoms with Crippen LogP contribution >= 0.6 is 0 Å². The van der Waals surface area contributed by atoms with E-state index in [9.17, 15) is 0 Å². The molecule has 0 spiro atoms. The van der Waals surface area contributed by atoms with Crippen molar-refractivity contribution in [2.24, 2.45) is 0 Å². The van der Waals surface area contributed by atoms with Gasteiger partial charge < -0.3 is 9.26 Å². The predicted molar refractivity (Wildman–Crippen MR) is 78.0 cm³/mol. The van der Waals surface area contributed by atoms with Crippen molar-refractivity contribution in [1.82, 2.24) is 19.8 Å². The van der Waals surface area contributed by atoms with Crippen LogP contribution in [0.25, 0.3) is 0 Å². The Balaban J connectivity index is 1.60. The number of hydrogen-bond donors (Lipinski definition) is 0. The average Bonchev–Trinajstić information content (AvgIpc) is 3.00. The van der Waals surface area contributed by atoms with Crippen molar-refractivity contribution in [1.29, 1.82) is 0 Å². The van der Waals surface area contributed by atoms with E-state index in [1.165, 1.54) is 11.1 Å². The molecule has 6 heteroatoms. The predicted octanol–water partition coefficient (Wildman–Crippen LogP) is 1.70. The van der Waals surface area contributed by atoms with E-state index in [-0.39, 0.29) is 6.10 Å². The maximum atomic E-state index is 5.86. The Labute approximate surface area is 124 Å². The van der Waals surface area contributed by atoms with E-state index in [0.717, 1.165) is 44.2 Å². The van der Waals surface area contributed by atoms with Gasteiger partial charge in [-0.1, -0.05) is 5.16 Å². The third-order valence-corrected chi connectivity index (χ3v) is 3.94. The second-order valence-electron chi connectivity index (χ2n) is 5.77. The molecule has 1 saturated heterocycles. The van der Waals surface area contributed by atoms with Crippen LogP contribution in [0.4, 0.5) is 0 Å². The summed E-state index contributed by atoms with van der Waals surface area (Å²) in [7, 11) is 0. The SMILES string of the molecule is Cc1cnn(C[C@H]2CN(Cc3c(C)noc3C)CCO2)c1. The summed E-state index contributed by atoms with van der Waals surface area (Å²) in [6.07, 6.45) is 4.11. The molecule has 0 amide bonds. The summed E-state index contributed by atoms with van der Waals surface area (Å²) in [6.45, 7) is 10.3. The lowest BCUT2D eigenvalue weighted by atomic mass is 10.1. The molecule has 1 aliphatic rings. The molecule has 0 radical (unpaired) electrons. The van der Waals surface area contributed by atoms with Gasteiger partial charge in [0, 0.05) is 31.4 Å². The summed E-state index contributed by atoms with van der Waals surface area (Å²) in [6, 6.07) is 0. The molecule has 21 heavy (non-hydrogen) atoms. The zero-order chi connectivity index (χ0) is 14.8. The van der Waals surface area contributed by atoms with Crippen LogP contribution in [0, 0.1) is 20.8 Å². The van der Waals surface area contributed by atoms with Crippen LogP contribution in [-0.2, 0) is 17.8 Å². The van der Waals surface area contributed by atoms with Gasteiger partial charge in [0.15, 0.2) is 0 Å². The van der Waals surface area contributed by atoms with E-state index in [2.05, 4.69) is 28.3 Å². The lowest BCUT2D eigenvalue weighted by molar-refractivity contribution is -0.0403. The molecule has 0 aromatic carbocycles. The smallest absolute Gasteiger partial charge is 0.138 e. The number of rotatable bonds is 4. The summed E-state index contributed by atoms with van der Waals surface area (Å²) < 4.78 is 13.1. The van der Waals surface area contributed by atoms with E-state index in [0.29, 0.717) is 0 Å². The van der Waals surface area contributed by atoms with E-state index in [1.807, 2.05) is 24.7 Å². The zero-order valence-electron chi connectivity index (χ0n) is 12.9. The second kappa shape index (κ2) is 5.99. The quantitative estimate of drug-likeness (QED) is 0.858. The summed E-state index contributed by atoms with van der Waals surface area (Å²) in [5, 5.41) is 8.36. The first-order valence-electron chi connectivity index (χ1n) is 7.36. The number of aryl methyl sites for hydroxylation is 3. The van der Waals surface area contributed by atoms with Crippen LogP contribution in [0.15, 0.2) is 16.9 Å². The maximum absolute atomic E-state index is 5.86. The van der Waals surface area contributed by atoms with E-state index in [1.54, 1.807) is 0 Å². The Kier molecular flexibility index (Phi) is 4.07. The molecule has 0 unspecified atom stereocenters. The molecule has 0 aliphatic carbocycles. The molecule has 2 aromatic heterocycles. The Morgan fingerprint density at radius 2 is 2.19 bits per heavy atom. The highest BCUT2D eigenvalue weighted by molar-refractivity contribution is 5.20. The lowest BCUT2D eigenvalue weighted by Crippen LogP contribution is -2.43. The largest absolute Gasteiger partial charge is 0.374 e. The summed E-state index contributed by atoms with van der Waals surface area (Å²) in [5.41, 5.74) is 3.36. The first kappa shape index (κ1) is 14.3. The van der Waals surface area contributed by atoms with Crippen molar-refractivity contribution in [2.45, 2.75) is 40.0 Å². The molecular weight excluding hydrogens is 268 g/mol. The number of nitrogens with zero attached hydrogens (tertiary/aromatic N) is 4. The Hall–Kier alpha value is -1.66. The van der Waals surface area contributed by atoms with Crippen LogP contribution in [0.2, 0.25) is 0 Å². The molecule has 0 N–H and O–H groups in total. The Morgan fingerprint density at radius 1 is 1.33 bits per heavy atom. The molecule has 1 atom stereocenters. The van der Waals surface area contributed by atoms with Gasteiger partial charge in [-0.25, -0.2) is 0 Å². The highest BCUT2D eigenvalue weighted by atomic mass is 16.5. The summed E-state index contributed by atoms with van der Waals surface area (Å²) in [5.74, 6) is 0.915. The zero-order valence-corrected chi connectivity index (χ0v) is 12.9. The standard InChI is InChI=1S/C15H22N4O2/c1-11-6-16-19(7-11)9-14-8-18(4-5-20-14)10-15-12(2)17-21-13(15)3/h6-7,14H,4-5,8-10H2,1-3H3/t14-/m1/s1. The first-order valence-corrected chi connectivity index (χ1v) is 7.36. The van der Waals surface area contributed by atoms with Crippen LogP contribution in [0.1, 0.15) is 22.6 Å². The molecular formula is C15H22N4O2. The van der Waals surface area contributed by atoms with Crippen LogP contribution in [0.3, 0.4) is 0 Å². The Bertz CT molecular complexity index is 585. The van der Waals surface area contributed by atoms with Crippen LogP contribution in [-0.4, -0.2) is 45.6 Å². The fourth-order valence-electron chi connectivity index (χ4n) is 2.76. The molecule has 114 valence electrons. The van der Waals surface area contributed by atoms with E-state index in [4.69, 9.17) is 9.26 Å². The molecule has 3 rings (SSSR count). The van der Waals surface area contributed by atoms with Crippen molar-refractivity contribution in [3.63, 3.8) is 0 Å². The highest BCUT2D eigenvalue weighted by Gasteiger charge is 2.23. The third-order valence-electron chi connectivity index (χ3n) is 3.94. The van der Waals surface area contributed by atoms with Gasteiger partial charge in [0.25, 0.3) is 0 Å². The number of hydrogen-bond acceptors (Lipinski definition) is 5. The number of morpholine rings is 1. The Morgan fingerprint density at radius 3 is 2.86 bits per heavy atom. The van der Waals surface area contributed by atoms with Crippen LogP contribution < -0.4 is 0 Å². The van der Waals surface area contributed by atoms with Gasteiger partial charge in [-0.2, -0.15) is 5.10 Å². The van der Waals surface area contributed by atoms with Crippen molar-refractivity contribution >= 4 is 0 Å². The number of aromatic nitrogens is 3. The molecule has 1 aliphatic heterocycles. The van der Waals surface area contributed by atoms with Crippen molar-refractivity contribution in [2.75, 3.05) is 19.7 Å². The van der Waals surface area contributed by atoms with E-state index >= 15 is 0 Å². The molecule has 6 nitrogen and oxygen atoms in total. The van der Waals surface area contributed by atoms with Gasteiger partial charge >= 0.3 is 0 Å². The van der Waals surface area contributed by atoms with Crippen molar-refractivity contribution in [3.05, 3.63) is 35.0 Å². The highest BCUT2D eigenvalue weighted by Crippen LogP contribution is 2.17. The molecule has 1 fully saturated rings. The topological polar surface area (TPSA) is 56.3 Å². The average molecular weight is 290 g/mol. The minimum absolute atomic E-state index is 0.179. The third kappa shape index (κ3) is 3.33. The summed E-state index contributed by atoms with van der Waals surface area (Å²) in [4.78, 5) is 2.40. The number of ether oxygens (including phenoxy) is 1. The van der Waals surface area contributed by atoms with Gasteiger partial charge in [0.05, 0.1) is 31.1 Å². The fraction of sp³-hybridized carbons (Fsp3) is 0.600. The monoisotopic (exact) mass is 290 g/mol. The van der Waals surface area contributed by atoms with E-state index < -0.39 is 0 Å². The van der Waals surface area contributed by atoms with Gasteiger partial charge in [-0.15, -0.1) is 0 Å². The molecule has 0 bridgehead atoms. The van der Waals surface area contributed by atoms with Gasteiger partial charge in [0.2, 0.25) is 0 Å². The first-order chi connectivity index (χ1) is 10.1. The van der Waals surface area contributed by atoms with Gasteiger partial charge in [-0.05, 0) is 26.3 Å². The minimum Gasteiger partial charge on any atom is -0.374 e. The van der Waals surface area contributed by atoms with Gasteiger partial charge in [0.1, 0.15) is 5.76 Å². The molecule has 2 aromatic rings. The molecule has 3 heterocycles. The van der Waals surface area contributed by atoms with Crippen LogP contribution in [0.5, 0.6) is 0 Å². The van der Waals surface area contributed by atoms with Crippen molar-refractivity contribution < 1.29 is 9.26 Å². The normalized spacial score (nSPS) is 20.0. The van der Waals surface area contributed by atoms with Crippen molar-refractivity contribution in [3.8, 4) is 0 Å². The minimum atomic E-state index is 0.179. The summed E-state index contributed by atoms with van der Waals surface area (Å²) >= 11 is 0. The molecule has 0 saturated carbocycles. The van der Waals surface area contributed by atoms with Gasteiger partial charge in [-0.3, -0.25) is 9.58 Å². The fourth-order valence-corrected chi connectivity index (χ4v) is 2.76. The second-order valence-corrected chi connectivity index (χ2v) is 5.77.